The molecule has 0 aliphatic carbocycles. The first kappa shape index (κ1) is 7.34. The van der Waals surface area contributed by atoms with Gasteiger partial charge in [0.2, 0.25) is 0 Å². The van der Waals surface area contributed by atoms with Crippen LogP contribution in [0.2, 0.25) is 0 Å². The van der Waals surface area contributed by atoms with E-state index in [2.05, 4.69) is 29.1 Å². The summed E-state index contributed by atoms with van der Waals surface area (Å²) >= 11 is 0. The predicted octanol–water partition coefficient (Wildman–Crippen LogP) is 1.18. The lowest BCUT2D eigenvalue weighted by molar-refractivity contribution is 0.811. The van der Waals surface area contributed by atoms with Gasteiger partial charge in [-0.25, -0.2) is 0 Å². The normalized spacial score (nSPS) is 11.2. The average molecular weight is 164 g/mol. The Balaban J connectivity index is 2.60. The van der Waals surface area contributed by atoms with Crippen molar-refractivity contribution < 1.29 is 0 Å². The number of rotatable bonds is 2. The first-order valence-corrected chi connectivity index (χ1v) is 4.27. The van der Waals surface area contributed by atoms with Crippen molar-refractivity contribution in [2.75, 3.05) is 0 Å². The first-order valence-electron chi connectivity index (χ1n) is 4.27. The van der Waals surface area contributed by atoms with E-state index in [0.29, 0.717) is 0 Å². The standard InChI is InChI=1S/C8H12N4/c1-3-6-5-8-10-9-7(4-2)12(8)11-6/h5,10H,3-4H2,1-2H3. The topological polar surface area (TPSA) is 46.0 Å². The molecule has 0 aliphatic rings. The molecule has 2 heterocycles. The van der Waals surface area contributed by atoms with E-state index < -0.39 is 0 Å². The van der Waals surface area contributed by atoms with Crippen LogP contribution in [0.25, 0.3) is 5.65 Å². The van der Waals surface area contributed by atoms with E-state index in [1.54, 1.807) is 0 Å². The summed E-state index contributed by atoms with van der Waals surface area (Å²) in [6.07, 6.45) is 1.88. The number of hydrogen-bond donors (Lipinski definition) is 1. The summed E-state index contributed by atoms with van der Waals surface area (Å²) < 4.78 is 1.87. The molecule has 0 aromatic carbocycles. The van der Waals surface area contributed by atoms with Gasteiger partial charge in [0.05, 0.1) is 5.69 Å². The van der Waals surface area contributed by atoms with E-state index in [-0.39, 0.29) is 0 Å². The summed E-state index contributed by atoms with van der Waals surface area (Å²) in [6, 6.07) is 2.03. The van der Waals surface area contributed by atoms with E-state index in [9.17, 15) is 0 Å². The van der Waals surface area contributed by atoms with E-state index >= 15 is 0 Å². The second-order valence-corrected chi connectivity index (χ2v) is 2.78. The van der Waals surface area contributed by atoms with Crippen molar-refractivity contribution in [1.82, 2.24) is 19.8 Å². The van der Waals surface area contributed by atoms with Crippen LogP contribution in [0.3, 0.4) is 0 Å². The quantitative estimate of drug-likeness (QED) is 0.724. The highest BCUT2D eigenvalue weighted by Gasteiger charge is 2.05. The summed E-state index contributed by atoms with van der Waals surface area (Å²) in [5.74, 6) is 0.990. The fraction of sp³-hybridized carbons (Fsp3) is 0.500. The molecule has 64 valence electrons. The number of H-pyrrole nitrogens is 1. The van der Waals surface area contributed by atoms with Gasteiger partial charge in [0, 0.05) is 12.5 Å². The second-order valence-electron chi connectivity index (χ2n) is 2.78. The van der Waals surface area contributed by atoms with Gasteiger partial charge >= 0.3 is 0 Å². The highest BCUT2D eigenvalue weighted by molar-refractivity contribution is 5.38. The van der Waals surface area contributed by atoms with Crippen LogP contribution in [0.15, 0.2) is 6.07 Å². The van der Waals surface area contributed by atoms with Crippen LogP contribution in [-0.2, 0) is 12.8 Å². The predicted molar refractivity (Wildman–Crippen MR) is 46.1 cm³/mol. The monoisotopic (exact) mass is 164 g/mol. The van der Waals surface area contributed by atoms with Crippen LogP contribution in [-0.4, -0.2) is 19.8 Å². The molecule has 0 aliphatic heterocycles. The summed E-state index contributed by atoms with van der Waals surface area (Å²) in [6.45, 7) is 4.17. The van der Waals surface area contributed by atoms with Crippen molar-refractivity contribution in [2.24, 2.45) is 0 Å². The SMILES string of the molecule is CCc1cc2[nH]nc(CC)n2n1. The highest BCUT2D eigenvalue weighted by Crippen LogP contribution is 2.06. The molecule has 4 nitrogen and oxygen atoms in total. The van der Waals surface area contributed by atoms with Gasteiger partial charge in [0.1, 0.15) is 0 Å². The molecule has 0 radical (unpaired) electrons. The molecule has 2 aromatic rings. The number of hydrogen-bond acceptors (Lipinski definition) is 2. The van der Waals surface area contributed by atoms with E-state index in [1.165, 1.54) is 0 Å². The summed E-state index contributed by atoms with van der Waals surface area (Å²) in [5.41, 5.74) is 2.10. The Kier molecular flexibility index (Phi) is 1.60. The lowest BCUT2D eigenvalue weighted by Gasteiger charge is -1.88. The Morgan fingerprint density at radius 1 is 1.42 bits per heavy atom. The summed E-state index contributed by atoms with van der Waals surface area (Å²) in [7, 11) is 0. The minimum absolute atomic E-state index is 0.908. The maximum absolute atomic E-state index is 4.38. The Bertz CT molecular complexity index is 385. The molecule has 0 saturated carbocycles. The molecule has 12 heavy (non-hydrogen) atoms. The molecule has 0 saturated heterocycles. The minimum Gasteiger partial charge on any atom is -0.259 e. The van der Waals surface area contributed by atoms with Gasteiger partial charge in [0.25, 0.3) is 0 Å². The van der Waals surface area contributed by atoms with Gasteiger partial charge in [0.15, 0.2) is 11.5 Å². The van der Waals surface area contributed by atoms with E-state index in [0.717, 1.165) is 30.0 Å². The number of aryl methyl sites for hydroxylation is 2. The van der Waals surface area contributed by atoms with Crippen LogP contribution in [0.5, 0.6) is 0 Å². The molecule has 4 heteroatoms. The van der Waals surface area contributed by atoms with Crippen LogP contribution < -0.4 is 0 Å². The van der Waals surface area contributed by atoms with Gasteiger partial charge in [-0.2, -0.15) is 14.7 Å². The number of aromatic amines is 1. The van der Waals surface area contributed by atoms with Crippen LogP contribution in [0.1, 0.15) is 25.4 Å². The zero-order valence-electron chi connectivity index (χ0n) is 7.33. The third kappa shape index (κ3) is 0.913. The zero-order chi connectivity index (χ0) is 8.55. The van der Waals surface area contributed by atoms with Gasteiger partial charge in [-0.15, -0.1) is 0 Å². The molecule has 0 bridgehead atoms. The second kappa shape index (κ2) is 2.62. The molecular weight excluding hydrogens is 152 g/mol. The Hall–Kier alpha value is -1.32. The fourth-order valence-corrected chi connectivity index (χ4v) is 1.28. The number of fused-ring (bicyclic) bond motifs is 1. The number of nitrogens with one attached hydrogen (secondary N) is 1. The average Bonchev–Trinajstić information content (AvgIpc) is 2.61. The molecule has 0 fully saturated rings. The highest BCUT2D eigenvalue weighted by atomic mass is 15.4. The lowest BCUT2D eigenvalue weighted by Crippen LogP contribution is -1.93. The Labute approximate surface area is 70.6 Å². The smallest absolute Gasteiger partial charge is 0.152 e. The largest absolute Gasteiger partial charge is 0.259 e. The van der Waals surface area contributed by atoms with E-state index in [1.807, 2.05) is 10.6 Å². The molecule has 0 unspecified atom stereocenters. The third-order valence-electron chi connectivity index (χ3n) is 1.98. The first-order chi connectivity index (χ1) is 5.85. The van der Waals surface area contributed by atoms with Crippen molar-refractivity contribution in [3.05, 3.63) is 17.6 Å². The Morgan fingerprint density at radius 2 is 2.25 bits per heavy atom. The Morgan fingerprint density at radius 3 is 2.92 bits per heavy atom. The van der Waals surface area contributed by atoms with Gasteiger partial charge in [-0.3, -0.25) is 5.10 Å². The molecule has 2 aromatic heterocycles. The van der Waals surface area contributed by atoms with Crippen molar-refractivity contribution >= 4 is 5.65 Å². The number of aromatic nitrogens is 4. The molecule has 0 atom stereocenters. The van der Waals surface area contributed by atoms with Gasteiger partial charge < -0.3 is 0 Å². The maximum atomic E-state index is 4.38. The number of nitrogens with zero attached hydrogens (tertiary/aromatic N) is 3. The summed E-state index contributed by atoms with van der Waals surface area (Å²) in [5, 5.41) is 11.5. The maximum Gasteiger partial charge on any atom is 0.152 e. The van der Waals surface area contributed by atoms with E-state index in [4.69, 9.17) is 0 Å². The minimum atomic E-state index is 0.908. The van der Waals surface area contributed by atoms with Crippen LogP contribution in [0.4, 0.5) is 0 Å². The lowest BCUT2D eigenvalue weighted by atomic mass is 10.3. The molecule has 1 N–H and O–H groups in total. The van der Waals surface area contributed by atoms with Gasteiger partial charge in [-0.05, 0) is 6.42 Å². The molecular formula is C8H12N4. The molecule has 2 rings (SSSR count). The molecule has 0 amide bonds. The van der Waals surface area contributed by atoms with Crippen molar-refractivity contribution in [3.63, 3.8) is 0 Å². The van der Waals surface area contributed by atoms with Crippen molar-refractivity contribution in [1.29, 1.82) is 0 Å². The van der Waals surface area contributed by atoms with Crippen LogP contribution >= 0.6 is 0 Å². The van der Waals surface area contributed by atoms with Crippen molar-refractivity contribution in [3.8, 4) is 0 Å². The third-order valence-corrected chi connectivity index (χ3v) is 1.98. The zero-order valence-corrected chi connectivity index (χ0v) is 7.33. The fourth-order valence-electron chi connectivity index (χ4n) is 1.28. The molecule has 0 spiro atoms. The van der Waals surface area contributed by atoms with Crippen molar-refractivity contribution in [2.45, 2.75) is 26.7 Å². The van der Waals surface area contributed by atoms with Crippen LogP contribution in [0, 0.1) is 0 Å². The van der Waals surface area contributed by atoms with Gasteiger partial charge in [-0.1, -0.05) is 13.8 Å². The summed E-state index contributed by atoms with van der Waals surface area (Å²) in [4.78, 5) is 0.